The molecule has 0 saturated heterocycles. The van der Waals surface area contributed by atoms with Crippen molar-refractivity contribution < 1.29 is 9.50 Å². The summed E-state index contributed by atoms with van der Waals surface area (Å²) in [5.41, 5.74) is 2.37. The molecule has 17 heavy (non-hydrogen) atoms. The monoisotopic (exact) mass is 250 g/mol. The fourth-order valence-corrected chi connectivity index (χ4v) is 2.74. The Balaban J connectivity index is 2.36. The first kappa shape index (κ1) is 12.3. The number of aliphatic hydroxyl groups is 1. The van der Waals surface area contributed by atoms with Crippen LogP contribution >= 0.6 is 11.3 Å². The van der Waals surface area contributed by atoms with Gasteiger partial charge in [0.1, 0.15) is 11.9 Å². The third kappa shape index (κ3) is 2.40. The Morgan fingerprint density at radius 2 is 1.82 bits per heavy atom. The van der Waals surface area contributed by atoms with Crippen molar-refractivity contribution >= 4 is 11.3 Å². The molecule has 3 heteroatoms. The fraction of sp³-hybridized carbons (Fsp3) is 0.286. The second-order valence-corrected chi connectivity index (χ2v) is 5.59. The molecule has 0 spiro atoms. The molecule has 1 aromatic carbocycles. The minimum atomic E-state index is -0.734. The molecule has 0 aliphatic carbocycles. The Kier molecular flexibility index (Phi) is 3.31. The van der Waals surface area contributed by atoms with E-state index in [9.17, 15) is 9.50 Å². The molecule has 2 rings (SSSR count). The van der Waals surface area contributed by atoms with Gasteiger partial charge in [0, 0.05) is 9.75 Å². The number of benzene rings is 1. The Bertz CT molecular complexity index is 526. The lowest BCUT2D eigenvalue weighted by Gasteiger charge is -2.09. The molecule has 1 unspecified atom stereocenters. The molecule has 1 heterocycles. The van der Waals surface area contributed by atoms with Crippen LogP contribution in [0.4, 0.5) is 4.39 Å². The molecule has 1 nitrogen and oxygen atoms in total. The lowest BCUT2D eigenvalue weighted by atomic mass is 10.1. The summed E-state index contributed by atoms with van der Waals surface area (Å²) in [5.74, 6) is -0.272. The number of aliphatic hydroxyl groups excluding tert-OH is 1. The van der Waals surface area contributed by atoms with Crippen molar-refractivity contribution in [1.82, 2.24) is 0 Å². The van der Waals surface area contributed by atoms with Crippen molar-refractivity contribution in [1.29, 1.82) is 0 Å². The Morgan fingerprint density at radius 1 is 1.12 bits per heavy atom. The van der Waals surface area contributed by atoms with Gasteiger partial charge in [-0.3, -0.25) is 0 Å². The van der Waals surface area contributed by atoms with Gasteiger partial charge in [0.2, 0.25) is 0 Å². The van der Waals surface area contributed by atoms with E-state index in [2.05, 4.69) is 0 Å². The average Bonchev–Trinajstić information content (AvgIpc) is 2.62. The van der Waals surface area contributed by atoms with E-state index in [4.69, 9.17) is 0 Å². The number of rotatable bonds is 2. The largest absolute Gasteiger partial charge is 0.383 e. The van der Waals surface area contributed by atoms with Crippen molar-refractivity contribution in [2.75, 3.05) is 0 Å². The van der Waals surface area contributed by atoms with Crippen LogP contribution in [0, 0.1) is 26.6 Å². The van der Waals surface area contributed by atoms with E-state index in [1.807, 2.05) is 19.9 Å². The number of aryl methyl sites for hydroxylation is 3. The highest BCUT2D eigenvalue weighted by atomic mass is 32.1. The summed E-state index contributed by atoms with van der Waals surface area (Å²) in [7, 11) is 0. The van der Waals surface area contributed by atoms with Crippen LogP contribution in [0.5, 0.6) is 0 Å². The molecule has 0 saturated carbocycles. The van der Waals surface area contributed by atoms with Gasteiger partial charge in [0.15, 0.2) is 0 Å². The molecule has 0 bridgehead atoms. The summed E-state index contributed by atoms with van der Waals surface area (Å²) < 4.78 is 13.4. The highest BCUT2D eigenvalue weighted by molar-refractivity contribution is 7.12. The third-order valence-electron chi connectivity index (χ3n) is 2.97. The van der Waals surface area contributed by atoms with Gasteiger partial charge in [-0.15, -0.1) is 11.3 Å². The molecule has 2 aromatic rings. The maximum Gasteiger partial charge on any atom is 0.126 e. The lowest BCUT2D eigenvalue weighted by Crippen LogP contribution is -1.98. The molecule has 1 aromatic heterocycles. The molecule has 0 aliphatic heterocycles. The fourth-order valence-electron chi connectivity index (χ4n) is 1.68. The molecule has 1 atom stereocenters. The zero-order valence-electron chi connectivity index (χ0n) is 10.1. The minimum absolute atomic E-state index is 0.272. The smallest absolute Gasteiger partial charge is 0.126 e. The molecule has 0 amide bonds. The van der Waals surface area contributed by atoms with E-state index in [-0.39, 0.29) is 5.82 Å². The van der Waals surface area contributed by atoms with Crippen molar-refractivity contribution in [2.45, 2.75) is 26.9 Å². The SMILES string of the molecule is Cc1ccc(C(O)c2cc(C)c(C)s2)cc1F. The molecule has 0 radical (unpaired) electrons. The van der Waals surface area contributed by atoms with Gasteiger partial charge in [0.05, 0.1) is 0 Å². The normalized spacial score (nSPS) is 12.8. The number of halogens is 1. The molecule has 0 fully saturated rings. The van der Waals surface area contributed by atoms with Crippen molar-refractivity contribution in [3.63, 3.8) is 0 Å². The maximum atomic E-state index is 13.4. The van der Waals surface area contributed by atoms with Gasteiger partial charge in [-0.25, -0.2) is 4.39 Å². The quantitative estimate of drug-likeness (QED) is 0.857. The summed E-state index contributed by atoms with van der Waals surface area (Å²) in [6, 6.07) is 6.83. The highest BCUT2D eigenvalue weighted by Gasteiger charge is 2.15. The van der Waals surface area contributed by atoms with E-state index >= 15 is 0 Å². The molecule has 1 N–H and O–H groups in total. The zero-order chi connectivity index (χ0) is 12.6. The Hall–Kier alpha value is -1.19. The van der Waals surface area contributed by atoms with E-state index < -0.39 is 6.10 Å². The maximum absolute atomic E-state index is 13.4. The zero-order valence-corrected chi connectivity index (χ0v) is 10.9. The first-order chi connectivity index (χ1) is 7.99. The third-order valence-corrected chi connectivity index (χ3v) is 4.17. The van der Waals surface area contributed by atoms with E-state index in [1.165, 1.54) is 10.9 Å². The predicted molar refractivity (Wildman–Crippen MR) is 69.0 cm³/mol. The van der Waals surface area contributed by atoms with Crippen LogP contribution < -0.4 is 0 Å². The van der Waals surface area contributed by atoms with Crippen LogP contribution in [0.3, 0.4) is 0 Å². The van der Waals surface area contributed by atoms with Crippen LogP contribution in [-0.2, 0) is 0 Å². The van der Waals surface area contributed by atoms with E-state index in [1.54, 1.807) is 30.4 Å². The Morgan fingerprint density at radius 3 is 2.35 bits per heavy atom. The van der Waals surface area contributed by atoms with Gasteiger partial charge in [-0.2, -0.15) is 0 Å². The molecule has 0 aliphatic rings. The van der Waals surface area contributed by atoms with Crippen LogP contribution in [-0.4, -0.2) is 5.11 Å². The van der Waals surface area contributed by atoms with Crippen LogP contribution in [0.25, 0.3) is 0 Å². The van der Waals surface area contributed by atoms with Crippen LogP contribution in [0.1, 0.15) is 32.5 Å². The van der Waals surface area contributed by atoms with Crippen LogP contribution in [0.2, 0.25) is 0 Å². The average molecular weight is 250 g/mol. The van der Waals surface area contributed by atoms with Crippen molar-refractivity contribution in [3.05, 3.63) is 56.5 Å². The highest BCUT2D eigenvalue weighted by Crippen LogP contribution is 2.31. The first-order valence-electron chi connectivity index (χ1n) is 5.50. The summed E-state index contributed by atoms with van der Waals surface area (Å²) in [6.07, 6.45) is -0.734. The predicted octanol–water partition coefficient (Wildman–Crippen LogP) is 3.89. The van der Waals surface area contributed by atoms with Gasteiger partial charge in [-0.05, 0) is 49.6 Å². The van der Waals surface area contributed by atoms with Crippen molar-refractivity contribution in [3.8, 4) is 0 Å². The first-order valence-corrected chi connectivity index (χ1v) is 6.31. The topological polar surface area (TPSA) is 20.2 Å². The second kappa shape index (κ2) is 4.59. The Labute approximate surface area is 105 Å². The number of thiophene rings is 1. The van der Waals surface area contributed by atoms with Crippen LogP contribution in [0.15, 0.2) is 24.3 Å². The minimum Gasteiger partial charge on any atom is -0.383 e. The van der Waals surface area contributed by atoms with Gasteiger partial charge < -0.3 is 5.11 Å². The van der Waals surface area contributed by atoms with Crippen molar-refractivity contribution in [2.24, 2.45) is 0 Å². The standard InChI is InChI=1S/C14H15FOS/c1-8-4-5-11(7-12(8)15)14(16)13-6-9(2)10(3)17-13/h4-7,14,16H,1-3H3. The molecular formula is C14H15FOS. The second-order valence-electron chi connectivity index (χ2n) is 4.30. The van der Waals surface area contributed by atoms with E-state index in [0.717, 1.165) is 10.4 Å². The van der Waals surface area contributed by atoms with Gasteiger partial charge in [0.25, 0.3) is 0 Å². The van der Waals surface area contributed by atoms with Gasteiger partial charge >= 0.3 is 0 Å². The van der Waals surface area contributed by atoms with Gasteiger partial charge in [-0.1, -0.05) is 12.1 Å². The molecule has 90 valence electrons. The summed E-state index contributed by atoms with van der Waals surface area (Å²) in [6.45, 7) is 5.74. The summed E-state index contributed by atoms with van der Waals surface area (Å²) in [4.78, 5) is 2.05. The number of hydrogen-bond donors (Lipinski definition) is 1. The summed E-state index contributed by atoms with van der Waals surface area (Å²) >= 11 is 1.55. The van der Waals surface area contributed by atoms with E-state index in [0.29, 0.717) is 11.1 Å². The number of hydrogen-bond acceptors (Lipinski definition) is 2. The summed E-state index contributed by atoms with van der Waals surface area (Å²) in [5, 5.41) is 10.2. The molecular weight excluding hydrogens is 235 g/mol. The lowest BCUT2D eigenvalue weighted by molar-refractivity contribution is 0.223.